The summed E-state index contributed by atoms with van der Waals surface area (Å²) in [5.41, 5.74) is 1.36. The molecule has 2 aromatic carbocycles. The predicted octanol–water partition coefficient (Wildman–Crippen LogP) is 3.69. The number of methoxy groups -OCH3 is 1. The highest BCUT2D eigenvalue weighted by Gasteiger charge is 2.26. The number of nitrogens with one attached hydrogen (secondary N) is 1. The Labute approximate surface area is 147 Å². The van der Waals surface area contributed by atoms with Crippen molar-refractivity contribution >= 4 is 11.6 Å². The van der Waals surface area contributed by atoms with Crippen molar-refractivity contribution in [1.29, 1.82) is 0 Å². The van der Waals surface area contributed by atoms with E-state index in [1.54, 1.807) is 19.2 Å². The van der Waals surface area contributed by atoms with Crippen LogP contribution in [0.2, 0.25) is 0 Å². The Hall–Kier alpha value is -2.40. The summed E-state index contributed by atoms with van der Waals surface area (Å²) >= 11 is 0. The third-order valence-electron chi connectivity index (χ3n) is 4.59. The smallest absolute Gasteiger partial charge is 0.228 e. The van der Waals surface area contributed by atoms with E-state index in [9.17, 15) is 9.18 Å². The Balaban J connectivity index is 1.63. The molecule has 1 amide bonds. The van der Waals surface area contributed by atoms with Crippen molar-refractivity contribution in [3.8, 4) is 5.75 Å². The summed E-state index contributed by atoms with van der Waals surface area (Å²) in [4.78, 5) is 14.8. The van der Waals surface area contributed by atoms with Crippen molar-refractivity contribution in [2.45, 2.75) is 19.4 Å². The van der Waals surface area contributed by atoms with Crippen molar-refractivity contribution in [3.05, 3.63) is 59.9 Å². The zero-order chi connectivity index (χ0) is 17.6. The molecule has 0 bridgehead atoms. The minimum atomic E-state index is -0.192. The lowest BCUT2D eigenvalue weighted by Crippen LogP contribution is -2.40. The molecule has 1 saturated heterocycles. The average Bonchev–Trinajstić information content (AvgIpc) is 2.64. The van der Waals surface area contributed by atoms with E-state index in [0.717, 1.165) is 19.4 Å². The lowest BCUT2D eigenvalue weighted by molar-refractivity contribution is -0.121. The number of piperidine rings is 1. The van der Waals surface area contributed by atoms with E-state index in [-0.39, 0.29) is 17.6 Å². The second kappa shape index (κ2) is 8.12. The molecule has 3 rings (SSSR count). The molecule has 0 saturated carbocycles. The zero-order valence-corrected chi connectivity index (χ0v) is 14.4. The van der Waals surface area contributed by atoms with Crippen LogP contribution < -0.4 is 10.1 Å². The van der Waals surface area contributed by atoms with Gasteiger partial charge in [-0.3, -0.25) is 9.69 Å². The number of ether oxygens (including phenoxy) is 1. The average molecular weight is 342 g/mol. The van der Waals surface area contributed by atoms with Gasteiger partial charge in [0.25, 0.3) is 0 Å². The summed E-state index contributed by atoms with van der Waals surface area (Å²) in [6, 6.07) is 14.2. The number of rotatable bonds is 5. The standard InChI is InChI=1S/C20H23FN2O2/c1-25-19-11-5-4-10-18(19)22-20(24)16-8-6-12-23(14-16)13-15-7-2-3-9-17(15)21/h2-5,7,9-11,16H,6,8,12-14H2,1H3,(H,22,24). The number of carbonyl (C=O) groups is 1. The van der Waals surface area contributed by atoms with Crippen LogP contribution in [0.1, 0.15) is 18.4 Å². The molecular weight excluding hydrogens is 319 g/mol. The Morgan fingerprint density at radius 3 is 2.80 bits per heavy atom. The van der Waals surface area contributed by atoms with Gasteiger partial charge < -0.3 is 10.1 Å². The van der Waals surface area contributed by atoms with E-state index < -0.39 is 0 Å². The van der Waals surface area contributed by atoms with Gasteiger partial charge in [-0.2, -0.15) is 0 Å². The molecule has 0 radical (unpaired) electrons. The highest BCUT2D eigenvalue weighted by Crippen LogP contribution is 2.26. The van der Waals surface area contributed by atoms with Crippen LogP contribution in [0.25, 0.3) is 0 Å². The van der Waals surface area contributed by atoms with Crippen LogP contribution in [0.4, 0.5) is 10.1 Å². The van der Waals surface area contributed by atoms with Gasteiger partial charge in [-0.05, 0) is 37.6 Å². The van der Waals surface area contributed by atoms with Crippen molar-refractivity contribution < 1.29 is 13.9 Å². The molecule has 0 aromatic heterocycles. The molecule has 1 unspecified atom stereocenters. The van der Waals surface area contributed by atoms with Gasteiger partial charge in [0.2, 0.25) is 5.91 Å². The van der Waals surface area contributed by atoms with Gasteiger partial charge in [-0.1, -0.05) is 30.3 Å². The predicted molar refractivity (Wildman–Crippen MR) is 96.0 cm³/mol. The fraction of sp³-hybridized carbons (Fsp3) is 0.350. The maximum atomic E-state index is 13.9. The fourth-order valence-corrected chi connectivity index (χ4v) is 3.26. The molecule has 1 aliphatic heterocycles. The lowest BCUT2D eigenvalue weighted by atomic mass is 9.96. The molecule has 1 fully saturated rings. The number of carbonyl (C=O) groups excluding carboxylic acids is 1. The molecule has 4 nitrogen and oxygen atoms in total. The quantitative estimate of drug-likeness (QED) is 0.901. The van der Waals surface area contributed by atoms with Gasteiger partial charge in [0.15, 0.2) is 0 Å². The van der Waals surface area contributed by atoms with Gasteiger partial charge in [-0.25, -0.2) is 4.39 Å². The molecule has 1 N–H and O–H groups in total. The number of amides is 1. The van der Waals surface area contributed by atoms with E-state index in [1.165, 1.54) is 6.07 Å². The number of halogens is 1. The largest absolute Gasteiger partial charge is 0.495 e. The summed E-state index contributed by atoms with van der Waals surface area (Å²) in [6.45, 7) is 2.05. The van der Waals surface area contributed by atoms with Crippen molar-refractivity contribution in [2.24, 2.45) is 5.92 Å². The molecule has 132 valence electrons. The zero-order valence-electron chi connectivity index (χ0n) is 14.4. The van der Waals surface area contributed by atoms with Crippen LogP contribution in [0.15, 0.2) is 48.5 Å². The first-order valence-electron chi connectivity index (χ1n) is 8.57. The van der Waals surface area contributed by atoms with Crippen LogP contribution >= 0.6 is 0 Å². The highest BCUT2D eigenvalue weighted by atomic mass is 19.1. The molecule has 1 aliphatic rings. The van der Waals surface area contributed by atoms with Crippen LogP contribution in [-0.4, -0.2) is 31.0 Å². The normalized spacial score (nSPS) is 17.9. The number of likely N-dealkylation sites (tertiary alicyclic amines) is 1. The van der Waals surface area contributed by atoms with Gasteiger partial charge in [0.05, 0.1) is 18.7 Å². The summed E-state index contributed by atoms with van der Waals surface area (Å²) in [5, 5.41) is 2.96. The van der Waals surface area contributed by atoms with Crippen LogP contribution in [0.5, 0.6) is 5.75 Å². The third-order valence-corrected chi connectivity index (χ3v) is 4.59. The van der Waals surface area contributed by atoms with Gasteiger partial charge in [0.1, 0.15) is 11.6 Å². The minimum absolute atomic E-state index is 0.0114. The van der Waals surface area contributed by atoms with Crippen LogP contribution in [0.3, 0.4) is 0 Å². The monoisotopic (exact) mass is 342 g/mol. The summed E-state index contributed by atoms with van der Waals surface area (Å²) < 4.78 is 19.1. The molecule has 1 heterocycles. The number of hydrogen-bond acceptors (Lipinski definition) is 3. The molecule has 25 heavy (non-hydrogen) atoms. The van der Waals surface area contributed by atoms with Crippen molar-refractivity contribution in [3.63, 3.8) is 0 Å². The van der Waals surface area contributed by atoms with Gasteiger partial charge in [-0.15, -0.1) is 0 Å². The number of benzene rings is 2. The highest BCUT2D eigenvalue weighted by molar-refractivity contribution is 5.94. The number of para-hydroxylation sites is 2. The van der Waals surface area contributed by atoms with Crippen molar-refractivity contribution in [1.82, 2.24) is 4.90 Å². The van der Waals surface area contributed by atoms with E-state index >= 15 is 0 Å². The second-order valence-electron chi connectivity index (χ2n) is 6.36. The first kappa shape index (κ1) is 17.4. The van der Waals surface area contributed by atoms with E-state index in [1.807, 2.05) is 30.3 Å². The number of anilines is 1. The Kier molecular flexibility index (Phi) is 5.66. The summed E-state index contributed by atoms with van der Waals surface area (Å²) in [7, 11) is 1.59. The maximum absolute atomic E-state index is 13.9. The van der Waals surface area contributed by atoms with Crippen molar-refractivity contribution in [2.75, 3.05) is 25.5 Å². The van der Waals surface area contributed by atoms with Gasteiger partial charge in [0, 0.05) is 18.7 Å². The van der Waals surface area contributed by atoms with Crippen LogP contribution in [-0.2, 0) is 11.3 Å². The Morgan fingerprint density at radius 1 is 1.24 bits per heavy atom. The Bertz CT molecular complexity index is 735. The molecular formula is C20H23FN2O2. The summed E-state index contributed by atoms with van der Waals surface area (Å²) in [6.07, 6.45) is 1.77. The topological polar surface area (TPSA) is 41.6 Å². The minimum Gasteiger partial charge on any atom is -0.495 e. The lowest BCUT2D eigenvalue weighted by Gasteiger charge is -2.32. The number of nitrogens with zero attached hydrogens (tertiary/aromatic N) is 1. The maximum Gasteiger partial charge on any atom is 0.228 e. The fourth-order valence-electron chi connectivity index (χ4n) is 3.26. The van der Waals surface area contributed by atoms with E-state index in [4.69, 9.17) is 4.74 Å². The molecule has 5 heteroatoms. The first-order chi connectivity index (χ1) is 12.2. The molecule has 1 atom stereocenters. The van der Waals surface area contributed by atoms with E-state index in [0.29, 0.717) is 30.1 Å². The molecule has 0 spiro atoms. The van der Waals surface area contributed by atoms with Gasteiger partial charge >= 0.3 is 0 Å². The molecule has 0 aliphatic carbocycles. The first-order valence-corrected chi connectivity index (χ1v) is 8.57. The van der Waals surface area contributed by atoms with Crippen LogP contribution in [0, 0.1) is 11.7 Å². The van der Waals surface area contributed by atoms with E-state index in [2.05, 4.69) is 10.2 Å². The SMILES string of the molecule is COc1ccccc1NC(=O)C1CCCN(Cc2ccccc2F)C1. The third kappa shape index (κ3) is 4.37. The summed E-state index contributed by atoms with van der Waals surface area (Å²) in [5.74, 6) is 0.339. The second-order valence-corrected chi connectivity index (χ2v) is 6.36. The Morgan fingerprint density at radius 2 is 2.00 bits per heavy atom. The molecule has 2 aromatic rings. The number of hydrogen-bond donors (Lipinski definition) is 1.